The van der Waals surface area contributed by atoms with E-state index in [1.165, 1.54) is 0 Å². The Bertz CT molecular complexity index is 440. The van der Waals surface area contributed by atoms with Crippen molar-refractivity contribution in [2.24, 2.45) is 5.73 Å². The highest BCUT2D eigenvalue weighted by Crippen LogP contribution is 2.27. The second-order valence-corrected chi connectivity index (χ2v) is 5.43. The number of hydrogen-bond donors (Lipinski definition) is 2. The number of carbonyl (C=O) groups is 1. The van der Waals surface area contributed by atoms with Gasteiger partial charge in [0.15, 0.2) is 0 Å². The minimum atomic E-state index is -0.219. The number of nitrogens with one attached hydrogen (secondary N) is 1. The van der Waals surface area contributed by atoms with E-state index in [-0.39, 0.29) is 18.1 Å². The molecule has 104 valence electrons. The molecular weight excluding hydrogens is 240 g/mol. The van der Waals surface area contributed by atoms with Gasteiger partial charge in [-0.05, 0) is 31.4 Å². The summed E-state index contributed by atoms with van der Waals surface area (Å²) in [5.41, 5.74) is 7.82. The Morgan fingerprint density at radius 3 is 2.74 bits per heavy atom. The number of aryl methyl sites for hydroxylation is 1. The zero-order chi connectivity index (χ0) is 13.7. The first-order valence-electron chi connectivity index (χ1n) is 6.81. The molecule has 4 heteroatoms. The summed E-state index contributed by atoms with van der Waals surface area (Å²) in [6, 6.07) is 7.69. The molecule has 1 amide bonds. The molecule has 0 heterocycles. The van der Waals surface area contributed by atoms with E-state index in [1.54, 1.807) is 0 Å². The van der Waals surface area contributed by atoms with Crippen molar-refractivity contribution in [1.29, 1.82) is 0 Å². The average molecular weight is 262 g/mol. The van der Waals surface area contributed by atoms with Crippen molar-refractivity contribution < 1.29 is 9.53 Å². The van der Waals surface area contributed by atoms with Crippen LogP contribution in [0.4, 0.5) is 5.69 Å². The molecule has 0 aliphatic heterocycles. The lowest BCUT2D eigenvalue weighted by Crippen LogP contribution is -2.42. The normalized spacial score (nSPS) is 17.4. The van der Waals surface area contributed by atoms with Crippen molar-refractivity contribution in [3.8, 4) is 0 Å². The molecule has 0 aromatic heterocycles. The van der Waals surface area contributed by atoms with Crippen LogP contribution in [0, 0.1) is 6.92 Å². The van der Waals surface area contributed by atoms with Crippen LogP contribution in [0.3, 0.4) is 0 Å². The van der Waals surface area contributed by atoms with Crippen LogP contribution < -0.4 is 11.1 Å². The Morgan fingerprint density at radius 1 is 1.37 bits per heavy atom. The van der Waals surface area contributed by atoms with Crippen molar-refractivity contribution in [3.05, 3.63) is 29.8 Å². The minimum Gasteiger partial charge on any atom is -0.370 e. The molecule has 4 nitrogen and oxygen atoms in total. The van der Waals surface area contributed by atoms with Gasteiger partial charge in [-0.3, -0.25) is 4.79 Å². The third-order valence-electron chi connectivity index (χ3n) is 3.64. The first-order chi connectivity index (χ1) is 9.09. The Hall–Kier alpha value is -1.39. The fourth-order valence-corrected chi connectivity index (χ4v) is 2.47. The van der Waals surface area contributed by atoms with Gasteiger partial charge in [0.1, 0.15) is 6.61 Å². The fraction of sp³-hybridized carbons (Fsp3) is 0.533. The maximum Gasteiger partial charge on any atom is 0.250 e. The van der Waals surface area contributed by atoms with Crippen molar-refractivity contribution in [2.45, 2.75) is 38.1 Å². The van der Waals surface area contributed by atoms with Gasteiger partial charge in [-0.1, -0.05) is 31.0 Å². The van der Waals surface area contributed by atoms with Crippen molar-refractivity contribution in [1.82, 2.24) is 0 Å². The molecule has 0 radical (unpaired) electrons. The molecular formula is C15H22N2O2. The number of amides is 1. The van der Waals surface area contributed by atoms with Gasteiger partial charge < -0.3 is 15.8 Å². The predicted octanol–water partition coefficient (Wildman–Crippen LogP) is 2.22. The van der Waals surface area contributed by atoms with Crippen LogP contribution in [-0.4, -0.2) is 24.7 Å². The summed E-state index contributed by atoms with van der Waals surface area (Å²) in [5, 5.41) is 2.84. The predicted molar refractivity (Wildman–Crippen MR) is 76.0 cm³/mol. The monoisotopic (exact) mass is 262 g/mol. The molecule has 0 atom stereocenters. The molecule has 3 N–H and O–H groups in total. The van der Waals surface area contributed by atoms with E-state index in [1.807, 2.05) is 31.2 Å². The van der Waals surface area contributed by atoms with Gasteiger partial charge >= 0.3 is 0 Å². The molecule has 2 rings (SSSR count). The van der Waals surface area contributed by atoms with Crippen LogP contribution in [0.2, 0.25) is 0 Å². The topological polar surface area (TPSA) is 64.3 Å². The number of carbonyl (C=O) groups excluding carboxylic acids is 1. The highest BCUT2D eigenvalue weighted by molar-refractivity contribution is 5.92. The Balaban J connectivity index is 1.74. The van der Waals surface area contributed by atoms with Crippen LogP contribution in [-0.2, 0) is 9.53 Å². The molecule has 0 spiro atoms. The van der Waals surface area contributed by atoms with Gasteiger partial charge in [0.2, 0.25) is 5.91 Å². The van der Waals surface area contributed by atoms with Crippen LogP contribution >= 0.6 is 0 Å². The first-order valence-corrected chi connectivity index (χ1v) is 6.81. The Kier molecular flexibility index (Phi) is 4.56. The van der Waals surface area contributed by atoms with E-state index in [4.69, 9.17) is 10.5 Å². The zero-order valence-electron chi connectivity index (χ0n) is 11.4. The number of ether oxygens (including phenoxy) is 1. The van der Waals surface area contributed by atoms with E-state index < -0.39 is 0 Å². The summed E-state index contributed by atoms with van der Waals surface area (Å²) in [6.07, 6.45) is 4.31. The summed E-state index contributed by atoms with van der Waals surface area (Å²) in [6.45, 7) is 2.49. The van der Waals surface area contributed by atoms with Crippen molar-refractivity contribution in [2.75, 3.05) is 18.5 Å². The SMILES string of the molecule is Cc1ccccc1NC(=O)COCC1(N)CCCC1. The number of anilines is 1. The van der Waals surface area contributed by atoms with Crippen LogP contribution in [0.25, 0.3) is 0 Å². The lowest BCUT2D eigenvalue weighted by Gasteiger charge is -2.22. The Labute approximate surface area is 114 Å². The van der Waals surface area contributed by atoms with Gasteiger partial charge in [-0.15, -0.1) is 0 Å². The molecule has 1 aliphatic carbocycles. The maximum absolute atomic E-state index is 11.8. The highest BCUT2D eigenvalue weighted by Gasteiger charge is 2.29. The van der Waals surface area contributed by atoms with Crippen LogP contribution in [0.15, 0.2) is 24.3 Å². The maximum atomic E-state index is 11.8. The Morgan fingerprint density at radius 2 is 2.05 bits per heavy atom. The van der Waals surface area contributed by atoms with Gasteiger partial charge in [0, 0.05) is 11.2 Å². The zero-order valence-corrected chi connectivity index (χ0v) is 11.4. The summed E-state index contributed by atoms with van der Waals surface area (Å²) in [7, 11) is 0. The fourth-order valence-electron chi connectivity index (χ4n) is 2.47. The molecule has 1 aromatic rings. The second kappa shape index (κ2) is 6.17. The van der Waals surface area contributed by atoms with Gasteiger partial charge in [0.25, 0.3) is 0 Å². The summed E-state index contributed by atoms with van der Waals surface area (Å²) < 4.78 is 5.46. The highest BCUT2D eigenvalue weighted by atomic mass is 16.5. The molecule has 1 aromatic carbocycles. The number of hydrogen-bond acceptors (Lipinski definition) is 3. The number of benzene rings is 1. The quantitative estimate of drug-likeness (QED) is 0.855. The van der Waals surface area contributed by atoms with E-state index in [2.05, 4.69) is 5.32 Å². The van der Waals surface area contributed by atoms with Crippen LogP contribution in [0.5, 0.6) is 0 Å². The van der Waals surface area contributed by atoms with Gasteiger partial charge in [-0.25, -0.2) is 0 Å². The number of nitrogens with two attached hydrogens (primary N) is 1. The van der Waals surface area contributed by atoms with Crippen molar-refractivity contribution in [3.63, 3.8) is 0 Å². The summed E-state index contributed by atoms with van der Waals surface area (Å²) >= 11 is 0. The molecule has 1 fully saturated rings. The minimum absolute atomic E-state index is 0.0628. The third-order valence-corrected chi connectivity index (χ3v) is 3.64. The van der Waals surface area contributed by atoms with Gasteiger partial charge in [-0.2, -0.15) is 0 Å². The van der Waals surface area contributed by atoms with E-state index in [0.717, 1.165) is 36.9 Å². The molecule has 0 bridgehead atoms. The standard InChI is InChI=1S/C15H22N2O2/c1-12-6-2-3-7-13(12)17-14(18)10-19-11-15(16)8-4-5-9-15/h2-3,6-7H,4-5,8-11,16H2,1H3,(H,17,18). The summed E-state index contributed by atoms with van der Waals surface area (Å²) in [5.74, 6) is -0.129. The lowest BCUT2D eigenvalue weighted by molar-refractivity contribution is -0.121. The third kappa shape index (κ3) is 4.04. The number of rotatable bonds is 5. The largest absolute Gasteiger partial charge is 0.370 e. The molecule has 1 aliphatic rings. The van der Waals surface area contributed by atoms with E-state index in [0.29, 0.717) is 6.61 Å². The smallest absolute Gasteiger partial charge is 0.250 e. The average Bonchev–Trinajstić information content (AvgIpc) is 2.79. The lowest BCUT2D eigenvalue weighted by atomic mass is 10.0. The number of para-hydroxylation sites is 1. The van der Waals surface area contributed by atoms with E-state index >= 15 is 0 Å². The first kappa shape index (κ1) is 14.0. The van der Waals surface area contributed by atoms with Crippen molar-refractivity contribution >= 4 is 11.6 Å². The van der Waals surface area contributed by atoms with Gasteiger partial charge in [0.05, 0.1) is 6.61 Å². The molecule has 19 heavy (non-hydrogen) atoms. The molecule has 0 unspecified atom stereocenters. The van der Waals surface area contributed by atoms with E-state index in [9.17, 15) is 4.79 Å². The summed E-state index contributed by atoms with van der Waals surface area (Å²) in [4.78, 5) is 11.8. The molecule has 0 saturated heterocycles. The molecule has 1 saturated carbocycles. The second-order valence-electron chi connectivity index (χ2n) is 5.43. The van der Waals surface area contributed by atoms with Crippen LogP contribution in [0.1, 0.15) is 31.2 Å².